The largest absolute Gasteiger partial charge is 0.391 e. The van der Waals surface area contributed by atoms with Crippen molar-refractivity contribution in [2.24, 2.45) is 5.73 Å². The van der Waals surface area contributed by atoms with E-state index in [1.807, 2.05) is 36.4 Å². The third-order valence-electron chi connectivity index (χ3n) is 4.13. The number of rotatable bonds is 6. The minimum atomic E-state index is -0.876. The summed E-state index contributed by atoms with van der Waals surface area (Å²) in [6.07, 6.45) is 3.24. The third-order valence-corrected chi connectivity index (χ3v) is 4.13. The SMILES string of the molecule is CC(=O)N1C[C@H](O)C[C@H]1C(=O)N[C@H](C/C=C/c1ccccc1)C(N)=O. The second kappa shape index (κ2) is 8.43. The van der Waals surface area contributed by atoms with Crippen LogP contribution in [0.2, 0.25) is 0 Å². The number of carbonyl (C=O) groups is 3. The highest BCUT2D eigenvalue weighted by atomic mass is 16.3. The topological polar surface area (TPSA) is 113 Å². The van der Waals surface area contributed by atoms with Gasteiger partial charge in [0.1, 0.15) is 12.1 Å². The number of benzene rings is 1. The number of nitrogens with one attached hydrogen (secondary N) is 1. The van der Waals surface area contributed by atoms with Gasteiger partial charge in [-0.2, -0.15) is 0 Å². The van der Waals surface area contributed by atoms with Crippen LogP contribution in [-0.4, -0.2) is 52.5 Å². The molecule has 3 amide bonds. The first-order valence-electron chi connectivity index (χ1n) is 8.15. The number of likely N-dealkylation sites (tertiary alicyclic amines) is 1. The number of nitrogens with two attached hydrogens (primary N) is 1. The predicted octanol–water partition coefficient (Wildman–Crippen LogP) is 0.0417. The summed E-state index contributed by atoms with van der Waals surface area (Å²) in [5.41, 5.74) is 6.34. The molecule has 1 aliphatic rings. The van der Waals surface area contributed by atoms with E-state index in [-0.39, 0.29) is 25.3 Å². The number of aliphatic hydroxyl groups excluding tert-OH is 1. The molecule has 1 heterocycles. The summed E-state index contributed by atoms with van der Waals surface area (Å²) in [6.45, 7) is 1.45. The zero-order valence-corrected chi connectivity index (χ0v) is 14.1. The molecule has 0 saturated carbocycles. The highest BCUT2D eigenvalue weighted by Gasteiger charge is 2.38. The molecule has 25 heavy (non-hydrogen) atoms. The molecule has 1 aliphatic heterocycles. The van der Waals surface area contributed by atoms with E-state index in [9.17, 15) is 19.5 Å². The minimum absolute atomic E-state index is 0.114. The minimum Gasteiger partial charge on any atom is -0.391 e. The number of hydrogen-bond acceptors (Lipinski definition) is 4. The normalized spacial score (nSPS) is 21.3. The fourth-order valence-electron chi connectivity index (χ4n) is 2.83. The summed E-state index contributed by atoms with van der Waals surface area (Å²) in [5.74, 6) is -1.43. The Morgan fingerprint density at radius 1 is 1.36 bits per heavy atom. The first kappa shape index (κ1) is 18.7. The van der Waals surface area contributed by atoms with E-state index in [0.717, 1.165) is 5.56 Å². The Morgan fingerprint density at radius 3 is 2.64 bits per heavy atom. The Bertz CT molecular complexity index is 660. The zero-order valence-electron chi connectivity index (χ0n) is 14.1. The smallest absolute Gasteiger partial charge is 0.243 e. The number of nitrogens with zero attached hydrogens (tertiary/aromatic N) is 1. The van der Waals surface area contributed by atoms with Crippen LogP contribution in [0.1, 0.15) is 25.3 Å². The van der Waals surface area contributed by atoms with Gasteiger partial charge >= 0.3 is 0 Å². The van der Waals surface area contributed by atoms with Gasteiger partial charge in [0.05, 0.1) is 6.10 Å². The van der Waals surface area contributed by atoms with Crippen LogP contribution in [0.4, 0.5) is 0 Å². The Balaban J connectivity index is 1.98. The number of hydrogen-bond donors (Lipinski definition) is 3. The van der Waals surface area contributed by atoms with Crippen molar-refractivity contribution in [3.63, 3.8) is 0 Å². The molecule has 4 N–H and O–H groups in total. The molecule has 0 bridgehead atoms. The first-order chi connectivity index (χ1) is 11.9. The van der Waals surface area contributed by atoms with Gasteiger partial charge in [-0.05, 0) is 12.0 Å². The van der Waals surface area contributed by atoms with Crippen LogP contribution in [0, 0.1) is 0 Å². The van der Waals surface area contributed by atoms with Gasteiger partial charge in [0, 0.05) is 19.9 Å². The molecule has 3 atom stereocenters. The van der Waals surface area contributed by atoms with E-state index in [4.69, 9.17) is 5.73 Å². The maximum absolute atomic E-state index is 12.4. The fourth-order valence-corrected chi connectivity index (χ4v) is 2.83. The highest BCUT2D eigenvalue weighted by Crippen LogP contribution is 2.18. The van der Waals surface area contributed by atoms with Gasteiger partial charge in [-0.25, -0.2) is 0 Å². The second-order valence-corrected chi connectivity index (χ2v) is 6.09. The maximum Gasteiger partial charge on any atom is 0.243 e. The van der Waals surface area contributed by atoms with E-state index < -0.39 is 30.0 Å². The molecule has 0 unspecified atom stereocenters. The molecule has 2 rings (SSSR count). The lowest BCUT2D eigenvalue weighted by Crippen LogP contribution is -2.51. The van der Waals surface area contributed by atoms with Crippen LogP contribution in [0.15, 0.2) is 36.4 Å². The van der Waals surface area contributed by atoms with Gasteiger partial charge in [0.15, 0.2) is 0 Å². The van der Waals surface area contributed by atoms with Crippen molar-refractivity contribution < 1.29 is 19.5 Å². The molecule has 1 saturated heterocycles. The fraction of sp³-hybridized carbons (Fsp3) is 0.389. The lowest BCUT2D eigenvalue weighted by Gasteiger charge is -2.24. The molecule has 1 aromatic carbocycles. The molecular formula is C18H23N3O4. The van der Waals surface area contributed by atoms with Crippen LogP contribution < -0.4 is 11.1 Å². The highest BCUT2D eigenvalue weighted by molar-refractivity contribution is 5.91. The Labute approximate surface area is 146 Å². The zero-order chi connectivity index (χ0) is 18.4. The van der Waals surface area contributed by atoms with Crippen LogP contribution in [0.3, 0.4) is 0 Å². The number of β-amino-alcohol motifs (C(OH)–C–C–N with tert-alkyl or cyclic N) is 1. The van der Waals surface area contributed by atoms with Crippen LogP contribution >= 0.6 is 0 Å². The van der Waals surface area contributed by atoms with Crippen molar-refractivity contribution in [2.75, 3.05) is 6.54 Å². The monoisotopic (exact) mass is 345 g/mol. The summed E-state index contributed by atoms with van der Waals surface area (Å²) in [5, 5.41) is 12.3. The van der Waals surface area contributed by atoms with E-state index in [1.165, 1.54) is 11.8 Å². The summed E-state index contributed by atoms with van der Waals surface area (Å²) in [6, 6.07) is 7.87. The molecule has 7 heteroatoms. The summed E-state index contributed by atoms with van der Waals surface area (Å²) < 4.78 is 0. The molecular weight excluding hydrogens is 322 g/mol. The molecule has 0 spiro atoms. The average Bonchev–Trinajstić information content (AvgIpc) is 2.97. The number of carbonyl (C=O) groups excluding carboxylic acids is 3. The summed E-state index contributed by atoms with van der Waals surface area (Å²) >= 11 is 0. The first-order valence-corrected chi connectivity index (χ1v) is 8.15. The Hall–Kier alpha value is -2.67. The molecule has 1 fully saturated rings. The van der Waals surface area contributed by atoms with Gasteiger partial charge < -0.3 is 21.1 Å². The van der Waals surface area contributed by atoms with Gasteiger partial charge in [0.2, 0.25) is 17.7 Å². The van der Waals surface area contributed by atoms with E-state index >= 15 is 0 Å². The Kier molecular flexibility index (Phi) is 6.30. The van der Waals surface area contributed by atoms with Gasteiger partial charge in [-0.1, -0.05) is 42.5 Å². The number of primary amides is 1. The summed E-state index contributed by atoms with van der Waals surface area (Å²) in [7, 11) is 0. The third kappa shape index (κ3) is 5.15. The van der Waals surface area contributed by atoms with Crippen molar-refractivity contribution in [3.8, 4) is 0 Å². The lowest BCUT2D eigenvalue weighted by molar-refractivity contribution is -0.137. The second-order valence-electron chi connectivity index (χ2n) is 6.09. The van der Waals surface area contributed by atoms with Crippen LogP contribution in [-0.2, 0) is 14.4 Å². The van der Waals surface area contributed by atoms with Crippen LogP contribution in [0.5, 0.6) is 0 Å². The molecule has 7 nitrogen and oxygen atoms in total. The van der Waals surface area contributed by atoms with E-state index in [2.05, 4.69) is 5.32 Å². The maximum atomic E-state index is 12.4. The quantitative estimate of drug-likeness (QED) is 0.676. The molecule has 134 valence electrons. The van der Waals surface area contributed by atoms with E-state index in [1.54, 1.807) is 6.08 Å². The number of aliphatic hydroxyl groups is 1. The molecule has 0 aromatic heterocycles. The van der Waals surface area contributed by atoms with Gasteiger partial charge in [-0.3, -0.25) is 14.4 Å². The van der Waals surface area contributed by atoms with Crippen molar-refractivity contribution in [1.29, 1.82) is 0 Å². The molecule has 0 aliphatic carbocycles. The van der Waals surface area contributed by atoms with Crippen molar-refractivity contribution in [1.82, 2.24) is 10.2 Å². The van der Waals surface area contributed by atoms with Gasteiger partial charge in [-0.15, -0.1) is 0 Å². The van der Waals surface area contributed by atoms with Gasteiger partial charge in [0.25, 0.3) is 0 Å². The number of amides is 3. The predicted molar refractivity (Wildman–Crippen MR) is 93.0 cm³/mol. The molecule has 0 radical (unpaired) electrons. The van der Waals surface area contributed by atoms with Crippen LogP contribution in [0.25, 0.3) is 6.08 Å². The summed E-state index contributed by atoms with van der Waals surface area (Å²) in [4.78, 5) is 36.9. The Morgan fingerprint density at radius 2 is 2.04 bits per heavy atom. The molecule has 1 aromatic rings. The van der Waals surface area contributed by atoms with Crippen molar-refractivity contribution >= 4 is 23.8 Å². The van der Waals surface area contributed by atoms with E-state index in [0.29, 0.717) is 0 Å². The lowest BCUT2D eigenvalue weighted by atomic mass is 10.1. The van der Waals surface area contributed by atoms with Crippen molar-refractivity contribution in [2.45, 2.75) is 38.0 Å². The van der Waals surface area contributed by atoms with Crippen molar-refractivity contribution in [3.05, 3.63) is 42.0 Å². The average molecular weight is 345 g/mol. The standard InChI is InChI=1S/C18H23N3O4/c1-12(22)21-11-14(23)10-16(21)18(25)20-15(17(19)24)9-5-8-13-6-3-2-4-7-13/h2-8,14-16,23H,9-11H2,1H3,(H2,19,24)(H,20,25)/b8-5+/t14-,15-,16+/m1/s1.